The second-order valence-electron chi connectivity index (χ2n) is 5.13. The number of nitro benzene ring substituents is 1. The summed E-state index contributed by atoms with van der Waals surface area (Å²) >= 11 is 0. The van der Waals surface area contributed by atoms with Crippen LogP contribution in [0.3, 0.4) is 0 Å². The smallest absolute Gasteiger partial charge is 0.393 e. The van der Waals surface area contributed by atoms with E-state index in [-0.39, 0.29) is 11.7 Å². The number of nitrogens with one attached hydrogen (secondary N) is 1. The van der Waals surface area contributed by atoms with Crippen LogP contribution in [0.15, 0.2) is 18.2 Å². The van der Waals surface area contributed by atoms with Crippen LogP contribution < -0.4 is 5.32 Å². The predicted octanol–water partition coefficient (Wildman–Crippen LogP) is 3.33. The summed E-state index contributed by atoms with van der Waals surface area (Å²) in [5, 5.41) is 22.8. The SMILES string of the molecule is O=[N+]([O-])c1ccc(NC2CCC(O)CC2)c(C(F)(F)F)c1. The Balaban J connectivity index is 2.24. The Morgan fingerprint density at radius 3 is 2.38 bits per heavy atom. The molecule has 8 heteroatoms. The molecule has 0 heterocycles. The van der Waals surface area contributed by atoms with Crippen LogP contribution in [0.5, 0.6) is 0 Å². The van der Waals surface area contributed by atoms with E-state index in [0.717, 1.165) is 12.1 Å². The minimum atomic E-state index is -4.66. The molecule has 0 aliphatic heterocycles. The Morgan fingerprint density at radius 2 is 1.86 bits per heavy atom. The first kappa shape index (κ1) is 15.6. The molecular weight excluding hydrogens is 289 g/mol. The van der Waals surface area contributed by atoms with Gasteiger partial charge < -0.3 is 10.4 Å². The number of benzene rings is 1. The number of alkyl halides is 3. The van der Waals surface area contributed by atoms with Gasteiger partial charge in [-0.05, 0) is 31.7 Å². The summed E-state index contributed by atoms with van der Waals surface area (Å²) < 4.78 is 39.0. The first-order valence-electron chi connectivity index (χ1n) is 6.57. The van der Waals surface area contributed by atoms with E-state index in [9.17, 15) is 28.4 Å². The predicted molar refractivity (Wildman–Crippen MR) is 70.0 cm³/mol. The second kappa shape index (κ2) is 5.88. The van der Waals surface area contributed by atoms with E-state index < -0.39 is 28.5 Å². The first-order chi connectivity index (χ1) is 9.77. The summed E-state index contributed by atoms with van der Waals surface area (Å²) in [4.78, 5) is 9.76. The van der Waals surface area contributed by atoms with E-state index >= 15 is 0 Å². The number of anilines is 1. The molecule has 2 rings (SSSR count). The van der Waals surface area contributed by atoms with E-state index in [1.54, 1.807) is 0 Å². The lowest BCUT2D eigenvalue weighted by molar-refractivity contribution is -0.385. The Morgan fingerprint density at radius 1 is 1.24 bits per heavy atom. The summed E-state index contributed by atoms with van der Waals surface area (Å²) in [6.07, 6.45) is -2.87. The van der Waals surface area contributed by atoms with Crippen molar-refractivity contribution in [3.05, 3.63) is 33.9 Å². The first-order valence-corrected chi connectivity index (χ1v) is 6.57. The van der Waals surface area contributed by atoms with Crippen molar-refractivity contribution >= 4 is 11.4 Å². The number of aliphatic hydroxyl groups is 1. The molecule has 1 aromatic rings. The number of nitro groups is 1. The van der Waals surface area contributed by atoms with E-state index in [1.165, 1.54) is 0 Å². The molecule has 0 saturated heterocycles. The zero-order valence-electron chi connectivity index (χ0n) is 11.1. The van der Waals surface area contributed by atoms with Crippen molar-refractivity contribution in [2.45, 2.75) is 44.0 Å². The molecule has 1 saturated carbocycles. The molecule has 0 bridgehead atoms. The molecule has 2 N–H and O–H groups in total. The number of hydrogen-bond donors (Lipinski definition) is 2. The van der Waals surface area contributed by atoms with Crippen LogP contribution in [0.1, 0.15) is 31.2 Å². The number of halogens is 3. The number of non-ortho nitro benzene ring substituents is 1. The molecule has 0 radical (unpaired) electrons. The second-order valence-corrected chi connectivity index (χ2v) is 5.13. The van der Waals surface area contributed by atoms with Crippen LogP contribution >= 0.6 is 0 Å². The van der Waals surface area contributed by atoms with Crippen molar-refractivity contribution < 1.29 is 23.2 Å². The summed E-state index contributed by atoms with van der Waals surface area (Å²) in [5.41, 5.74) is -1.79. The van der Waals surface area contributed by atoms with Gasteiger partial charge in [0.25, 0.3) is 5.69 Å². The Hall–Kier alpha value is -1.83. The highest BCUT2D eigenvalue weighted by Gasteiger charge is 2.36. The molecule has 1 fully saturated rings. The summed E-state index contributed by atoms with van der Waals surface area (Å²) in [5.74, 6) is 0. The minimum absolute atomic E-state index is 0.158. The van der Waals surface area contributed by atoms with E-state index in [0.29, 0.717) is 31.7 Å². The normalized spacial score (nSPS) is 22.9. The highest BCUT2D eigenvalue weighted by atomic mass is 19.4. The lowest BCUT2D eigenvalue weighted by Gasteiger charge is -2.28. The van der Waals surface area contributed by atoms with Crippen LogP contribution in [-0.4, -0.2) is 22.2 Å². The third kappa shape index (κ3) is 3.84. The number of nitrogens with zero attached hydrogens (tertiary/aromatic N) is 1. The maximum absolute atomic E-state index is 13.0. The van der Waals surface area contributed by atoms with Crippen LogP contribution in [0.25, 0.3) is 0 Å². The standard InChI is InChI=1S/C13H15F3N2O3/c14-13(15,16)11-7-9(18(20)21)3-6-12(11)17-8-1-4-10(19)5-2-8/h3,6-8,10,17,19H,1-2,4-5H2. The molecule has 0 atom stereocenters. The molecule has 5 nitrogen and oxygen atoms in total. The fraction of sp³-hybridized carbons (Fsp3) is 0.538. The number of hydrogen-bond acceptors (Lipinski definition) is 4. The van der Waals surface area contributed by atoms with E-state index in [4.69, 9.17) is 0 Å². The molecule has 1 aliphatic carbocycles. The van der Waals surface area contributed by atoms with Crippen molar-refractivity contribution in [2.24, 2.45) is 0 Å². The molecule has 0 unspecified atom stereocenters. The molecule has 1 aromatic carbocycles. The van der Waals surface area contributed by atoms with Crippen molar-refractivity contribution in [2.75, 3.05) is 5.32 Å². The highest BCUT2D eigenvalue weighted by Crippen LogP contribution is 2.38. The van der Waals surface area contributed by atoms with Crippen molar-refractivity contribution in [1.29, 1.82) is 0 Å². The van der Waals surface area contributed by atoms with Gasteiger partial charge in [-0.1, -0.05) is 0 Å². The minimum Gasteiger partial charge on any atom is -0.393 e. The van der Waals surface area contributed by atoms with Gasteiger partial charge in [0.2, 0.25) is 0 Å². The molecular formula is C13H15F3N2O3. The van der Waals surface area contributed by atoms with E-state index in [1.807, 2.05) is 0 Å². The summed E-state index contributed by atoms with van der Waals surface area (Å²) in [6, 6.07) is 2.51. The van der Waals surface area contributed by atoms with Crippen LogP contribution in [0.2, 0.25) is 0 Å². The average Bonchev–Trinajstić information content (AvgIpc) is 2.40. The van der Waals surface area contributed by atoms with Gasteiger partial charge in [0.1, 0.15) is 0 Å². The fourth-order valence-corrected chi connectivity index (χ4v) is 2.45. The Kier molecular flexibility index (Phi) is 4.36. The van der Waals surface area contributed by atoms with Gasteiger partial charge >= 0.3 is 6.18 Å². The zero-order chi connectivity index (χ0) is 15.6. The van der Waals surface area contributed by atoms with Gasteiger partial charge in [-0.25, -0.2) is 0 Å². The fourth-order valence-electron chi connectivity index (χ4n) is 2.45. The van der Waals surface area contributed by atoms with Gasteiger partial charge in [-0.3, -0.25) is 10.1 Å². The van der Waals surface area contributed by atoms with Crippen molar-refractivity contribution in [3.8, 4) is 0 Å². The third-order valence-electron chi connectivity index (χ3n) is 3.58. The molecule has 21 heavy (non-hydrogen) atoms. The van der Waals surface area contributed by atoms with Crippen molar-refractivity contribution in [1.82, 2.24) is 0 Å². The molecule has 1 aliphatic rings. The molecule has 0 aromatic heterocycles. The van der Waals surface area contributed by atoms with Crippen LogP contribution in [0.4, 0.5) is 24.5 Å². The van der Waals surface area contributed by atoms with Gasteiger partial charge in [0.15, 0.2) is 0 Å². The van der Waals surface area contributed by atoms with E-state index in [2.05, 4.69) is 5.32 Å². The van der Waals surface area contributed by atoms with Gasteiger partial charge in [0.05, 0.1) is 16.6 Å². The highest BCUT2D eigenvalue weighted by molar-refractivity contribution is 5.57. The number of rotatable bonds is 3. The quantitative estimate of drug-likeness (QED) is 0.663. The average molecular weight is 304 g/mol. The van der Waals surface area contributed by atoms with Gasteiger partial charge in [-0.2, -0.15) is 13.2 Å². The third-order valence-corrected chi connectivity index (χ3v) is 3.58. The van der Waals surface area contributed by atoms with Gasteiger partial charge in [-0.15, -0.1) is 0 Å². The number of aliphatic hydroxyl groups excluding tert-OH is 1. The van der Waals surface area contributed by atoms with Gasteiger partial charge in [0, 0.05) is 23.9 Å². The van der Waals surface area contributed by atoms with Crippen LogP contribution in [-0.2, 0) is 6.18 Å². The summed E-state index contributed by atoms with van der Waals surface area (Å²) in [7, 11) is 0. The maximum Gasteiger partial charge on any atom is 0.418 e. The lowest BCUT2D eigenvalue weighted by atomic mass is 9.92. The topological polar surface area (TPSA) is 75.4 Å². The lowest BCUT2D eigenvalue weighted by Crippen LogP contribution is -2.29. The zero-order valence-corrected chi connectivity index (χ0v) is 11.1. The van der Waals surface area contributed by atoms with Crippen molar-refractivity contribution in [3.63, 3.8) is 0 Å². The maximum atomic E-state index is 13.0. The summed E-state index contributed by atoms with van der Waals surface area (Å²) in [6.45, 7) is 0. The van der Waals surface area contributed by atoms with Crippen LogP contribution in [0, 0.1) is 10.1 Å². The molecule has 116 valence electrons. The Labute approximate surface area is 118 Å². The monoisotopic (exact) mass is 304 g/mol. The molecule has 0 spiro atoms. The Bertz CT molecular complexity index is 526. The largest absolute Gasteiger partial charge is 0.418 e. The molecule has 0 amide bonds.